The van der Waals surface area contributed by atoms with Crippen molar-refractivity contribution in [2.45, 2.75) is 13.1 Å². The highest BCUT2D eigenvalue weighted by Crippen LogP contribution is 2.13. The molecule has 0 spiro atoms. The Bertz CT molecular complexity index is 459. The monoisotopic (exact) mass is 204 g/mol. The molecule has 0 saturated heterocycles. The Morgan fingerprint density at radius 1 is 1.40 bits per heavy atom. The molecule has 0 radical (unpaired) electrons. The van der Waals surface area contributed by atoms with Crippen molar-refractivity contribution in [3.63, 3.8) is 0 Å². The van der Waals surface area contributed by atoms with E-state index in [-0.39, 0.29) is 0 Å². The minimum absolute atomic E-state index is 0.491. The first-order valence-electron chi connectivity index (χ1n) is 5.02. The predicted molar refractivity (Wildman–Crippen MR) is 60.5 cm³/mol. The lowest BCUT2D eigenvalue weighted by atomic mass is 10.3. The fourth-order valence-corrected chi connectivity index (χ4v) is 1.73. The lowest BCUT2D eigenvalue weighted by molar-refractivity contribution is 0.393. The Morgan fingerprint density at radius 3 is 2.87 bits per heavy atom. The van der Waals surface area contributed by atoms with Crippen LogP contribution in [-0.4, -0.2) is 28.4 Å². The van der Waals surface area contributed by atoms with E-state index in [4.69, 9.17) is 5.73 Å². The van der Waals surface area contributed by atoms with Crippen LogP contribution in [-0.2, 0) is 13.1 Å². The molecule has 2 rings (SSSR count). The average Bonchev–Trinajstić information content (AvgIpc) is 2.56. The van der Waals surface area contributed by atoms with Crippen molar-refractivity contribution in [1.82, 2.24) is 14.3 Å². The van der Waals surface area contributed by atoms with Gasteiger partial charge in [-0.25, -0.2) is 4.98 Å². The maximum absolute atomic E-state index is 5.70. The van der Waals surface area contributed by atoms with Crippen LogP contribution in [0.5, 0.6) is 0 Å². The normalized spacial score (nSPS) is 11.5. The standard InChI is InChI=1S/C11H16N4/c1-14(2)8-10-9(7-12)13-11-5-3-4-6-15(10)11/h3-6H,7-8,12H2,1-2H3. The van der Waals surface area contributed by atoms with Gasteiger partial charge in [0.1, 0.15) is 5.65 Å². The highest BCUT2D eigenvalue weighted by Gasteiger charge is 2.10. The van der Waals surface area contributed by atoms with Crippen molar-refractivity contribution >= 4 is 5.65 Å². The first kappa shape index (κ1) is 10.1. The molecule has 0 amide bonds. The maximum Gasteiger partial charge on any atom is 0.137 e. The van der Waals surface area contributed by atoms with Gasteiger partial charge in [-0.1, -0.05) is 6.07 Å². The molecule has 0 unspecified atom stereocenters. The quantitative estimate of drug-likeness (QED) is 0.806. The summed E-state index contributed by atoms with van der Waals surface area (Å²) in [6.07, 6.45) is 2.03. The zero-order valence-electron chi connectivity index (χ0n) is 9.14. The third kappa shape index (κ3) is 1.86. The van der Waals surface area contributed by atoms with Gasteiger partial charge >= 0.3 is 0 Å². The molecule has 0 bridgehead atoms. The fraction of sp³-hybridized carbons (Fsp3) is 0.364. The highest BCUT2D eigenvalue weighted by atomic mass is 15.1. The summed E-state index contributed by atoms with van der Waals surface area (Å²) in [5, 5.41) is 0. The van der Waals surface area contributed by atoms with Crippen LogP contribution in [0.3, 0.4) is 0 Å². The molecule has 2 N–H and O–H groups in total. The van der Waals surface area contributed by atoms with Gasteiger partial charge in [0.25, 0.3) is 0 Å². The molecule has 15 heavy (non-hydrogen) atoms. The Labute approximate surface area is 89.3 Å². The van der Waals surface area contributed by atoms with Gasteiger partial charge in [0, 0.05) is 19.3 Å². The third-order valence-corrected chi connectivity index (χ3v) is 2.37. The first-order valence-corrected chi connectivity index (χ1v) is 5.02. The molecule has 2 aromatic rings. The summed E-state index contributed by atoms with van der Waals surface area (Å²) >= 11 is 0. The summed E-state index contributed by atoms with van der Waals surface area (Å²) < 4.78 is 2.10. The molecular weight excluding hydrogens is 188 g/mol. The van der Waals surface area contributed by atoms with Crippen LogP contribution < -0.4 is 5.73 Å². The number of hydrogen-bond donors (Lipinski definition) is 1. The second kappa shape index (κ2) is 4.00. The average molecular weight is 204 g/mol. The Kier molecular flexibility index (Phi) is 2.70. The van der Waals surface area contributed by atoms with Crippen molar-refractivity contribution in [2.75, 3.05) is 14.1 Å². The van der Waals surface area contributed by atoms with Gasteiger partial charge in [-0.15, -0.1) is 0 Å². The summed E-state index contributed by atoms with van der Waals surface area (Å²) in [5.41, 5.74) is 8.82. The predicted octanol–water partition coefficient (Wildman–Crippen LogP) is 0.855. The van der Waals surface area contributed by atoms with E-state index in [0.29, 0.717) is 6.54 Å². The molecule has 0 fully saturated rings. The molecule has 0 aliphatic heterocycles. The zero-order valence-corrected chi connectivity index (χ0v) is 9.14. The van der Waals surface area contributed by atoms with E-state index in [1.807, 2.05) is 38.5 Å². The van der Waals surface area contributed by atoms with E-state index < -0.39 is 0 Å². The van der Waals surface area contributed by atoms with Crippen molar-refractivity contribution in [3.05, 3.63) is 35.8 Å². The minimum Gasteiger partial charge on any atom is -0.325 e. The molecule has 0 aliphatic rings. The van der Waals surface area contributed by atoms with Gasteiger partial charge in [0.2, 0.25) is 0 Å². The molecule has 0 atom stereocenters. The first-order chi connectivity index (χ1) is 7.22. The topological polar surface area (TPSA) is 46.6 Å². The molecule has 0 saturated carbocycles. The van der Waals surface area contributed by atoms with Gasteiger partial charge in [0.15, 0.2) is 0 Å². The fourth-order valence-electron chi connectivity index (χ4n) is 1.73. The van der Waals surface area contributed by atoms with Gasteiger partial charge in [-0.3, -0.25) is 0 Å². The van der Waals surface area contributed by atoms with Gasteiger partial charge in [-0.05, 0) is 26.2 Å². The summed E-state index contributed by atoms with van der Waals surface area (Å²) in [4.78, 5) is 6.62. The van der Waals surface area contributed by atoms with E-state index >= 15 is 0 Å². The van der Waals surface area contributed by atoms with E-state index in [0.717, 1.165) is 17.9 Å². The van der Waals surface area contributed by atoms with Gasteiger partial charge < -0.3 is 15.0 Å². The minimum atomic E-state index is 0.491. The van der Waals surface area contributed by atoms with E-state index in [9.17, 15) is 0 Å². The lowest BCUT2D eigenvalue weighted by Gasteiger charge is -2.10. The lowest BCUT2D eigenvalue weighted by Crippen LogP contribution is -2.14. The molecule has 4 heteroatoms. The summed E-state index contributed by atoms with van der Waals surface area (Å²) in [5.74, 6) is 0. The van der Waals surface area contributed by atoms with E-state index in [1.165, 1.54) is 5.69 Å². The number of aromatic nitrogens is 2. The van der Waals surface area contributed by atoms with Crippen LogP contribution in [0.2, 0.25) is 0 Å². The summed E-state index contributed by atoms with van der Waals surface area (Å²) in [7, 11) is 4.09. The van der Waals surface area contributed by atoms with Gasteiger partial charge in [-0.2, -0.15) is 0 Å². The number of hydrogen-bond acceptors (Lipinski definition) is 3. The molecular formula is C11H16N4. The second-order valence-corrected chi connectivity index (χ2v) is 3.88. The molecule has 0 aliphatic carbocycles. The second-order valence-electron chi connectivity index (χ2n) is 3.88. The van der Waals surface area contributed by atoms with Crippen LogP contribution in [0.15, 0.2) is 24.4 Å². The van der Waals surface area contributed by atoms with Gasteiger partial charge in [0.05, 0.1) is 11.4 Å². The van der Waals surface area contributed by atoms with E-state index in [1.54, 1.807) is 0 Å². The zero-order chi connectivity index (χ0) is 10.8. The van der Waals surface area contributed by atoms with Crippen LogP contribution in [0.25, 0.3) is 5.65 Å². The SMILES string of the molecule is CN(C)Cc1c(CN)nc2ccccn12. The van der Waals surface area contributed by atoms with Crippen molar-refractivity contribution < 1.29 is 0 Å². The molecule has 4 nitrogen and oxygen atoms in total. The molecule has 80 valence electrons. The molecule has 2 heterocycles. The number of fused-ring (bicyclic) bond motifs is 1. The number of nitrogens with zero attached hydrogens (tertiary/aromatic N) is 3. The number of rotatable bonds is 3. The van der Waals surface area contributed by atoms with Crippen molar-refractivity contribution in [3.8, 4) is 0 Å². The smallest absolute Gasteiger partial charge is 0.137 e. The molecule has 0 aromatic carbocycles. The Hall–Kier alpha value is -1.39. The van der Waals surface area contributed by atoms with E-state index in [2.05, 4.69) is 14.3 Å². The summed E-state index contributed by atoms with van der Waals surface area (Å²) in [6, 6.07) is 5.99. The van der Waals surface area contributed by atoms with Crippen LogP contribution in [0.1, 0.15) is 11.4 Å². The number of nitrogens with two attached hydrogens (primary N) is 1. The van der Waals surface area contributed by atoms with Crippen LogP contribution >= 0.6 is 0 Å². The maximum atomic E-state index is 5.70. The largest absolute Gasteiger partial charge is 0.325 e. The highest BCUT2D eigenvalue weighted by molar-refractivity contribution is 5.43. The summed E-state index contributed by atoms with van der Waals surface area (Å²) in [6.45, 7) is 1.35. The molecule has 2 aromatic heterocycles. The Balaban J connectivity index is 2.56. The van der Waals surface area contributed by atoms with Crippen LogP contribution in [0.4, 0.5) is 0 Å². The number of imidazole rings is 1. The van der Waals surface area contributed by atoms with Crippen LogP contribution in [0, 0.1) is 0 Å². The number of pyridine rings is 1. The van der Waals surface area contributed by atoms with Crippen molar-refractivity contribution in [2.24, 2.45) is 5.73 Å². The Morgan fingerprint density at radius 2 is 2.20 bits per heavy atom. The third-order valence-electron chi connectivity index (χ3n) is 2.37. The van der Waals surface area contributed by atoms with Crippen molar-refractivity contribution in [1.29, 1.82) is 0 Å².